The van der Waals surface area contributed by atoms with E-state index in [1.807, 2.05) is 0 Å². The Morgan fingerprint density at radius 2 is 1.37 bits per heavy atom. The van der Waals surface area contributed by atoms with E-state index < -0.39 is 28.9 Å². The van der Waals surface area contributed by atoms with E-state index in [1.165, 1.54) is 26.2 Å². The van der Waals surface area contributed by atoms with Crippen molar-refractivity contribution in [3.8, 4) is 17.2 Å². The molecule has 0 bridgehead atoms. The fraction of sp³-hybridized carbons (Fsp3) is 0.440. The third-order valence-electron chi connectivity index (χ3n) is 6.83. The Morgan fingerprint density at radius 1 is 0.771 bits per heavy atom. The van der Waals surface area contributed by atoms with Gasteiger partial charge in [-0.1, -0.05) is 0 Å². The zero-order chi connectivity index (χ0) is 25.3. The van der Waals surface area contributed by atoms with E-state index in [0.717, 1.165) is 12.8 Å². The Hall–Kier alpha value is -3.43. The van der Waals surface area contributed by atoms with Crippen LogP contribution in [0.3, 0.4) is 0 Å². The second-order valence-electron chi connectivity index (χ2n) is 8.97. The molecule has 4 rings (SSSR count). The van der Waals surface area contributed by atoms with Gasteiger partial charge in [-0.3, -0.25) is 9.59 Å². The predicted octanol–water partition coefficient (Wildman–Crippen LogP) is 3.90. The zero-order valence-electron chi connectivity index (χ0n) is 19.8. The molecule has 0 aliphatic carbocycles. The normalized spacial score (nSPS) is 19.7. The van der Waals surface area contributed by atoms with Gasteiger partial charge >= 0.3 is 0 Å². The largest absolute Gasteiger partial charge is 0.493 e. The molecule has 2 aromatic rings. The van der Waals surface area contributed by atoms with Crippen molar-refractivity contribution in [1.82, 2.24) is 9.80 Å². The lowest BCUT2D eigenvalue weighted by Crippen LogP contribution is -2.47. The summed E-state index contributed by atoms with van der Waals surface area (Å²) in [6, 6.07) is 4.18. The quantitative estimate of drug-likeness (QED) is 0.593. The number of carbonyl (C=O) groups excluding carboxylic acids is 2. The van der Waals surface area contributed by atoms with E-state index in [0.29, 0.717) is 67.5 Å². The molecule has 188 valence electrons. The van der Waals surface area contributed by atoms with Gasteiger partial charge in [0.15, 0.2) is 23.1 Å². The Balaban J connectivity index is 1.52. The first kappa shape index (κ1) is 24.7. The van der Waals surface area contributed by atoms with Gasteiger partial charge in [-0.2, -0.15) is 0 Å². The van der Waals surface area contributed by atoms with Crippen LogP contribution in [-0.2, 0) is 0 Å². The smallest absolute Gasteiger partial charge is 0.256 e. The van der Waals surface area contributed by atoms with Gasteiger partial charge in [0.1, 0.15) is 5.82 Å². The number of amides is 2. The number of carbonyl (C=O) groups is 2. The fourth-order valence-electron chi connectivity index (χ4n) is 5.07. The molecule has 10 heteroatoms. The topological polar surface area (TPSA) is 68.3 Å². The van der Waals surface area contributed by atoms with E-state index in [9.17, 15) is 22.8 Å². The molecular weight excluding hydrogens is 465 g/mol. The molecule has 2 aromatic carbocycles. The molecular formula is C25H27F3N2O5. The first-order valence-corrected chi connectivity index (χ1v) is 11.2. The van der Waals surface area contributed by atoms with Crippen LogP contribution in [0.5, 0.6) is 17.2 Å². The number of hydrogen-bond donors (Lipinski definition) is 0. The van der Waals surface area contributed by atoms with Gasteiger partial charge < -0.3 is 24.0 Å². The lowest BCUT2D eigenvalue weighted by Gasteiger charge is -2.40. The molecule has 1 unspecified atom stereocenters. The third-order valence-corrected chi connectivity index (χ3v) is 6.83. The minimum absolute atomic E-state index is 0.209. The number of benzene rings is 2. The Morgan fingerprint density at radius 3 is 1.97 bits per heavy atom. The summed E-state index contributed by atoms with van der Waals surface area (Å²) >= 11 is 0. The van der Waals surface area contributed by atoms with Gasteiger partial charge in [0, 0.05) is 43.2 Å². The number of hydrogen-bond acceptors (Lipinski definition) is 5. The van der Waals surface area contributed by atoms with Gasteiger partial charge in [-0.05, 0) is 37.5 Å². The number of nitrogens with zero attached hydrogens (tertiary/aromatic N) is 2. The molecule has 2 aliphatic rings. The summed E-state index contributed by atoms with van der Waals surface area (Å²) in [7, 11) is 4.43. The number of piperidine rings is 1. The second-order valence-corrected chi connectivity index (χ2v) is 8.97. The number of halogens is 3. The van der Waals surface area contributed by atoms with Crippen molar-refractivity contribution in [2.75, 3.05) is 47.5 Å². The Kier molecular flexibility index (Phi) is 6.82. The minimum Gasteiger partial charge on any atom is -0.493 e. The number of methoxy groups -OCH3 is 3. The molecule has 1 spiro atoms. The molecule has 7 nitrogen and oxygen atoms in total. The second kappa shape index (κ2) is 9.67. The lowest BCUT2D eigenvalue weighted by molar-refractivity contribution is 0.0514. The maximum absolute atomic E-state index is 14.2. The van der Waals surface area contributed by atoms with Gasteiger partial charge in [-0.15, -0.1) is 0 Å². The highest BCUT2D eigenvalue weighted by atomic mass is 19.2. The number of likely N-dealkylation sites (tertiary alicyclic amines) is 2. The number of ether oxygens (including phenoxy) is 3. The van der Waals surface area contributed by atoms with Crippen molar-refractivity contribution < 1.29 is 37.0 Å². The van der Waals surface area contributed by atoms with E-state index in [2.05, 4.69) is 0 Å². The summed E-state index contributed by atoms with van der Waals surface area (Å²) in [5, 5.41) is 0. The van der Waals surface area contributed by atoms with Crippen molar-refractivity contribution in [3.63, 3.8) is 0 Å². The maximum Gasteiger partial charge on any atom is 0.256 e. The highest BCUT2D eigenvalue weighted by Gasteiger charge is 2.44. The van der Waals surface area contributed by atoms with Crippen LogP contribution in [0.15, 0.2) is 24.3 Å². The highest BCUT2D eigenvalue weighted by Crippen LogP contribution is 2.42. The van der Waals surface area contributed by atoms with Crippen LogP contribution in [0.1, 0.15) is 40.0 Å². The first-order chi connectivity index (χ1) is 16.7. The molecule has 2 heterocycles. The summed E-state index contributed by atoms with van der Waals surface area (Å²) in [4.78, 5) is 29.4. The molecule has 2 aliphatic heterocycles. The molecule has 0 saturated carbocycles. The Labute approximate surface area is 201 Å². The standard InChI is InChI=1S/C25H27F3N2O5/c1-33-20-9-15(10-21(34-2)22(20)35-3)23(31)29-7-4-5-25(13-29)6-8-30(14-25)24(32)16-11-18(27)19(28)12-17(16)26/h9-12H,4-8,13-14H2,1-3H3. The van der Waals surface area contributed by atoms with Crippen LogP contribution in [0.2, 0.25) is 0 Å². The van der Waals surface area contributed by atoms with Crippen molar-refractivity contribution in [1.29, 1.82) is 0 Å². The van der Waals surface area contributed by atoms with E-state index >= 15 is 0 Å². The molecule has 2 saturated heterocycles. The highest BCUT2D eigenvalue weighted by molar-refractivity contribution is 5.96. The molecule has 0 N–H and O–H groups in total. The van der Waals surface area contributed by atoms with Gasteiger partial charge in [-0.25, -0.2) is 13.2 Å². The van der Waals surface area contributed by atoms with Crippen molar-refractivity contribution in [2.24, 2.45) is 5.41 Å². The van der Waals surface area contributed by atoms with Gasteiger partial charge in [0.2, 0.25) is 5.75 Å². The Bertz CT molecular complexity index is 1130. The predicted molar refractivity (Wildman–Crippen MR) is 121 cm³/mol. The van der Waals surface area contributed by atoms with Crippen LogP contribution in [0, 0.1) is 22.9 Å². The van der Waals surface area contributed by atoms with Crippen molar-refractivity contribution in [3.05, 3.63) is 52.8 Å². The fourth-order valence-corrected chi connectivity index (χ4v) is 5.07. The van der Waals surface area contributed by atoms with Crippen LogP contribution in [-0.4, -0.2) is 69.1 Å². The monoisotopic (exact) mass is 492 g/mol. The molecule has 2 amide bonds. The average Bonchev–Trinajstić information content (AvgIpc) is 3.27. The molecule has 2 fully saturated rings. The van der Waals surface area contributed by atoms with Crippen LogP contribution < -0.4 is 14.2 Å². The van der Waals surface area contributed by atoms with Gasteiger partial charge in [0.25, 0.3) is 11.8 Å². The molecule has 0 aromatic heterocycles. The summed E-state index contributed by atoms with van der Waals surface area (Å²) in [5.74, 6) is -3.49. The molecule has 35 heavy (non-hydrogen) atoms. The summed E-state index contributed by atoms with van der Waals surface area (Å²) < 4.78 is 57.1. The third kappa shape index (κ3) is 4.61. The minimum atomic E-state index is -1.34. The van der Waals surface area contributed by atoms with E-state index in [1.54, 1.807) is 17.0 Å². The zero-order valence-corrected chi connectivity index (χ0v) is 19.8. The first-order valence-electron chi connectivity index (χ1n) is 11.2. The van der Waals surface area contributed by atoms with E-state index in [4.69, 9.17) is 14.2 Å². The van der Waals surface area contributed by atoms with Crippen molar-refractivity contribution in [2.45, 2.75) is 19.3 Å². The van der Waals surface area contributed by atoms with Crippen LogP contribution >= 0.6 is 0 Å². The average molecular weight is 492 g/mol. The molecule has 1 atom stereocenters. The summed E-state index contributed by atoms with van der Waals surface area (Å²) in [6.07, 6.45) is 2.14. The van der Waals surface area contributed by atoms with Gasteiger partial charge in [0.05, 0.1) is 26.9 Å². The van der Waals surface area contributed by atoms with E-state index in [-0.39, 0.29) is 11.3 Å². The summed E-state index contributed by atoms with van der Waals surface area (Å²) in [6.45, 7) is 1.59. The SMILES string of the molecule is COc1cc(C(=O)N2CCCC3(CCN(C(=O)c4cc(F)c(F)cc4F)C3)C2)cc(OC)c1OC. The number of rotatable bonds is 5. The van der Waals surface area contributed by atoms with Crippen molar-refractivity contribution >= 4 is 11.8 Å². The maximum atomic E-state index is 14.2. The molecule has 0 radical (unpaired) electrons. The van der Waals surface area contributed by atoms with Crippen LogP contribution in [0.4, 0.5) is 13.2 Å². The van der Waals surface area contributed by atoms with Crippen LogP contribution in [0.25, 0.3) is 0 Å². The lowest BCUT2D eigenvalue weighted by atomic mass is 9.79. The summed E-state index contributed by atoms with van der Waals surface area (Å²) in [5.41, 5.74) is -0.479.